The summed E-state index contributed by atoms with van der Waals surface area (Å²) >= 11 is 1.38. The monoisotopic (exact) mass is 498 g/mol. The van der Waals surface area contributed by atoms with Crippen molar-refractivity contribution in [3.8, 4) is 17.1 Å². The standard InChI is InChI=1S/C27H26N6O2S/c34-24(32-17-14-21(15-18-32)26(35)29-23-13-7-8-16-28-23)19-36-27-31-30-25(20-9-3-1-4-10-20)33(27)22-11-5-2-6-12-22/h1-13,16,21H,14-15,17-19H2,(H,28,29,35). The number of para-hydroxylation sites is 1. The van der Waals surface area contributed by atoms with Crippen molar-refractivity contribution in [1.82, 2.24) is 24.6 Å². The highest BCUT2D eigenvalue weighted by Gasteiger charge is 2.28. The number of nitrogens with one attached hydrogen (secondary N) is 1. The normalized spacial score (nSPS) is 13.9. The Morgan fingerprint density at radius 2 is 1.58 bits per heavy atom. The minimum Gasteiger partial charge on any atom is -0.342 e. The van der Waals surface area contributed by atoms with E-state index in [-0.39, 0.29) is 23.5 Å². The smallest absolute Gasteiger partial charge is 0.233 e. The number of anilines is 1. The molecule has 8 nitrogen and oxygen atoms in total. The number of benzene rings is 2. The number of carbonyl (C=O) groups excluding carboxylic acids is 2. The lowest BCUT2D eigenvalue weighted by atomic mass is 9.96. The molecular formula is C27H26N6O2S. The number of piperidine rings is 1. The van der Waals surface area contributed by atoms with Gasteiger partial charge in [-0.15, -0.1) is 10.2 Å². The third kappa shape index (κ3) is 5.46. The van der Waals surface area contributed by atoms with Crippen LogP contribution < -0.4 is 5.32 Å². The third-order valence-electron chi connectivity index (χ3n) is 6.14. The van der Waals surface area contributed by atoms with E-state index in [2.05, 4.69) is 20.5 Å². The maximum absolute atomic E-state index is 13.0. The fourth-order valence-corrected chi connectivity index (χ4v) is 5.08. The Morgan fingerprint density at radius 1 is 0.889 bits per heavy atom. The second-order valence-corrected chi connectivity index (χ2v) is 9.43. The van der Waals surface area contributed by atoms with Crippen molar-refractivity contribution in [2.24, 2.45) is 5.92 Å². The lowest BCUT2D eigenvalue weighted by Crippen LogP contribution is -2.42. The largest absolute Gasteiger partial charge is 0.342 e. The molecule has 0 atom stereocenters. The first kappa shape index (κ1) is 23.7. The summed E-state index contributed by atoms with van der Waals surface area (Å²) < 4.78 is 1.99. The van der Waals surface area contributed by atoms with Gasteiger partial charge in [0.05, 0.1) is 5.75 Å². The Hall–Kier alpha value is -3.98. The van der Waals surface area contributed by atoms with E-state index in [0.29, 0.717) is 36.9 Å². The van der Waals surface area contributed by atoms with Crippen LogP contribution in [-0.2, 0) is 9.59 Å². The molecule has 0 saturated carbocycles. The number of hydrogen-bond acceptors (Lipinski definition) is 6. The average molecular weight is 499 g/mol. The molecule has 182 valence electrons. The summed E-state index contributed by atoms with van der Waals surface area (Å²) in [4.78, 5) is 31.6. The molecule has 2 aromatic carbocycles. The maximum atomic E-state index is 13.0. The highest BCUT2D eigenvalue weighted by atomic mass is 32.2. The Kier molecular flexibility index (Phi) is 7.37. The van der Waals surface area contributed by atoms with Crippen LogP contribution in [0.15, 0.2) is 90.2 Å². The van der Waals surface area contributed by atoms with Crippen molar-refractivity contribution < 1.29 is 9.59 Å². The van der Waals surface area contributed by atoms with Crippen molar-refractivity contribution in [2.45, 2.75) is 18.0 Å². The second-order valence-electron chi connectivity index (χ2n) is 8.49. The molecule has 2 aromatic heterocycles. The highest BCUT2D eigenvalue weighted by Crippen LogP contribution is 2.28. The van der Waals surface area contributed by atoms with Crippen LogP contribution in [0.3, 0.4) is 0 Å². The zero-order valence-corrected chi connectivity index (χ0v) is 20.5. The number of carbonyl (C=O) groups is 2. The van der Waals surface area contributed by atoms with Crippen molar-refractivity contribution in [2.75, 3.05) is 24.2 Å². The predicted molar refractivity (Wildman–Crippen MR) is 140 cm³/mol. The van der Waals surface area contributed by atoms with Crippen molar-refractivity contribution in [1.29, 1.82) is 0 Å². The number of pyridine rings is 1. The van der Waals surface area contributed by atoms with E-state index < -0.39 is 0 Å². The van der Waals surface area contributed by atoms with E-state index in [1.165, 1.54) is 11.8 Å². The molecular weight excluding hydrogens is 472 g/mol. The van der Waals surface area contributed by atoms with Crippen LogP contribution in [0.1, 0.15) is 12.8 Å². The molecule has 0 spiro atoms. The molecule has 0 bridgehead atoms. The van der Waals surface area contributed by atoms with E-state index in [9.17, 15) is 9.59 Å². The quantitative estimate of drug-likeness (QED) is 0.382. The van der Waals surface area contributed by atoms with Gasteiger partial charge in [0, 0.05) is 36.5 Å². The molecule has 1 fully saturated rings. The first-order chi connectivity index (χ1) is 17.7. The molecule has 2 amide bonds. The molecule has 1 aliphatic heterocycles. The molecule has 0 radical (unpaired) electrons. The minimum atomic E-state index is -0.127. The van der Waals surface area contributed by atoms with Gasteiger partial charge in [-0.1, -0.05) is 66.4 Å². The lowest BCUT2D eigenvalue weighted by molar-refractivity contribution is -0.132. The fraction of sp³-hybridized carbons (Fsp3) is 0.222. The molecule has 0 aliphatic carbocycles. The van der Waals surface area contributed by atoms with Gasteiger partial charge in [-0.05, 0) is 37.1 Å². The first-order valence-electron chi connectivity index (χ1n) is 11.9. The van der Waals surface area contributed by atoms with Crippen molar-refractivity contribution in [3.63, 3.8) is 0 Å². The summed E-state index contributed by atoms with van der Waals surface area (Å²) in [7, 11) is 0. The van der Waals surface area contributed by atoms with E-state index in [4.69, 9.17) is 0 Å². The van der Waals surface area contributed by atoms with Crippen molar-refractivity contribution in [3.05, 3.63) is 85.1 Å². The minimum absolute atomic E-state index is 0.0347. The summed E-state index contributed by atoms with van der Waals surface area (Å²) in [6.07, 6.45) is 2.91. The molecule has 3 heterocycles. The van der Waals surface area contributed by atoms with Gasteiger partial charge < -0.3 is 10.2 Å². The van der Waals surface area contributed by atoms with Gasteiger partial charge in [0.2, 0.25) is 11.8 Å². The Morgan fingerprint density at radius 3 is 2.28 bits per heavy atom. The van der Waals surface area contributed by atoms with Gasteiger partial charge in [0.1, 0.15) is 5.82 Å². The van der Waals surface area contributed by atoms with E-state index >= 15 is 0 Å². The van der Waals surface area contributed by atoms with Gasteiger partial charge in [0.25, 0.3) is 0 Å². The summed E-state index contributed by atoms with van der Waals surface area (Å²) in [6, 6.07) is 25.2. The predicted octanol–water partition coefficient (Wildman–Crippen LogP) is 4.30. The van der Waals surface area contributed by atoms with Crippen molar-refractivity contribution >= 4 is 29.4 Å². The van der Waals surface area contributed by atoms with Crippen LogP contribution in [-0.4, -0.2) is 55.3 Å². The lowest BCUT2D eigenvalue weighted by Gasteiger charge is -2.31. The first-order valence-corrected chi connectivity index (χ1v) is 12.9. The Balaban J connectivity index is 1.21. The summed E-state index contributed by atoms with van der Waals surface area (Å²) in [5.74, 6) is 1.40. The zero-order valence-electron chi connectivity index (χ0n) is 19.7. The molecule has 5 rings (SSSR count). The molecule has 9 heteroatoms. The number of hydrogen-bond donors (Lipinski definition) is 1. The summed E-state index contributed by atoms with van der Waals surface area (Å²) in [5.41, 5.74) is 1.90. The fourth-order valence-electron chi connectivity index (χ4n) is 4.22. The summed E-state index contributed by atoms with van der Waals surface area (Å²) in [6.45, 7) is 1.11. The Bertz CT molecular complexity index is 1310. The van der Waals surface area contributed by atoms with Crippen LogP contribution in [0, 0.1) is 5.92 Å². The Labute approximate surface area is 213 Å². The van der Waals surface area contributed by atoms with Gasteiger partial charge in [-0.25, -0.2) is 4.98 Å². The molecule has 0 unspecified atom stereocenters. The zero-order chi connectivity index (χ0) is 24.7. The number of likely N-dealkylation sites (tertiary alicyclic amines) is 1. The van der Waals surface area contributed by atoms with E-state index in [1.54, 1.807) is 12.3 Å². The molecule has 1 aliphatic rings. The van der Waals surface area contributed by atoms with Crippen LogP contribution >= 0.6 is 11.8 Å². The molecule has 1 saturated heterocycles. The third-order valence-corrected chi connectivity index (χ3v) is 7.05. The average Bonchev–Trinajstić information content (AvgIpc) is 3.37. The van der Waals surface area contributed by atoms with Crippen LogP contribution in [0.5, 0.6) is 0 Å². The van der Waals surface area contributed by atoms with Gasteiger partial charge >= 0.3 is 0 Å². The highest BCUT2D eigenvalue weighted by molar-refractivity contribution is 7.99. The number of rotatable bonds is 7. The van der Waals surface area contributed by atoms with Gasteiger partial charge in [-0.2, -0.15) is 0 Å². The molecule has 36 heavy (non-hydrogen) atoms. The SMILES string of the molecule is O=C(Nc1ccccn1)C1CCN(C(=O)CSc2nnc(-c3ccccc3)n2-c2ccccc2)CC1. The number of nitrogens with zero attached hydrogens (tertiary/aromatic N) is 5. The molecule has 4 aromatic rings. The number of aromatic nitrogens is 4. The van der Waals surface area contributed by atoms with Crippen LogP contribution in [0.25, 0.3) is 17.1 Å². The van der Waals surface area contributed by atoms with Crippen LogP contribution in [0.4, 0.5) is 5.82 Å². The number of thioether (sulfide) groups is 1. The number of amides is 2. The second kappa shape index (κ2) is 11.2. The van der Waals surface area contributed by atoms with E-state index in [1.807, 2.05) is 82.3 Å². The van der Waals surface area contributed by atoms with Crippen LogP contribution in [0.2, 0.25) is 0 Å². The van der Waals surface area contributed by atoms with E-state index in [0.717, 1.165) is 17.1 Å². The van der Waals surface area contributed by atoms with Gasteiger partial charge in [0.15, 0.2) is 11.0 Å². The van der Waals surface area contributed by atoms with Gasteiger partial charge in [-0.3, -0.25) is 14.2 Å². The summed E-state index contributed by atoms with van der Waals surface area (Å²) in [5, 5.41) is 12.4. The maximum Gasteiger partial charge on any atom is 0.233 e. The molecule has 1 N–H and O–H groups in total. The topological polar surface area (TPSA) is 93.0 Å².